The van der Waals surface area contributed by atoms with Gasteiger partial charge in [0.25, 0.3) is 6.43 Å². The lowest BCUT2D eigenvalue weighted by molar-refractivity contribution is 0.0650. The fraction of sp³-hybridized carbons (Fsp3) is 0.889. The van der Waals surface area contributed by atoms with Crippen molar-refractivity contribution in [2.45, 2.75) is 32.7 Å². The number of amides is 2. The molecule has 1 heterocycles. The molecule has 0 aromatic carbocycles. The largest absolute Gasteiger partial charge is 0.322 e. The Bertz CT molecular complexity index is 209. The van der Waals surface area contributed by atoms with Crippen LogP contribution in [-0.2, 0) is 0 Å². The van der Waals surface area contributed by atoms with Gasteiger partial charge in [0.15, 0.2) is 0 Å². The number of nitrogens with zero attached hydrogens (tertiary/aromatic N) is 2. The Kier molecular flexibility index (Phi) is 3.66. The molecule has 2 amide bonds. The molecular weight excluding hydrogens is 190 g/mol. The molecule has 1 aliphatic rings. The van der Waals surface area contributed by atoms with E-state index in [0.717, 1.165) is 6.42 Å². The maximum Gasteiger partial charge on any atom is 0.320 e. The predicted octanol–water partition coefficient (Wildman–Crippen LogP) is 1.79. The van der Waals surface area contributed by atoms with Gasteiger partial charge in [0.05, 0.1) is 6.54 Å². The number of hydrogen-bond donors (Lipinski definition) is 0. The van der Waals surface area contributed by atoms with Gasteiger partial charge in [0, 0.05) is 19.1 Å². The molecule has 1 rings (SSSR count). The first-order valence-corrected chi connectivity index (χ1v) is 4.86. The molecule has 1 saturated heterocycles. The highest BCUT2D eigenvalue weighted by atomic mass is 19.3. The van der Waals surface area contributed by atoms with Crippen molar-refractivity contribution < 1.29 is 13.6 Å². The molecule has 0 atom stereocenters. The van der Waals surface area contributed by atoms with Gasteiger partial charge >= 0.3 is 6.03 Å². The van der Waals surface area contributed by atoms with Gasteiger partial charge in [-0.15, -0.1) is 0 Å². The van der Waals surface area contributed by atoms with Crippen LogP contribution in [0.25, 0.3) is 0 Å². The summed E-state index contributed by atoms with van der Waals surface area (Å²) in [7, 11) is 0. The van der Waals surface area contributed by atoms with Crippen LogP contribution < -0.4 is 0 Å². The third-order valence-corrected chi connectivity index (χ3v) is 2.33. The van der Waals surface area contributed by atoms with E-state index in [2.05, 4.69) is 0 Å². The van der Waals surface area contributed by atoms with Crippen molar-refractivity contribution in [1.29, 1.82) is 0 Å². The molecule has 0 unspecified atom stereocenters. The molecule has 0 aromatic rings. The van der Waals surface area contributed by atoms with Gasteiger partial charge in [-0.1, -0.05) is 0 Å². The first-order chi connectivity index (χ1) is 6.52. The van der Waals surface area contributed by atoms with Crippen molar-refractivity contribution in [3.05, 3.63) is 0 Å². The van der Waals surface area contributed by atoms with Gasteiger partial charge in [-0.25, -0.2) is 13.6 Å². The van der Waals surface area contributed by atoms with E-state index in [4.69, 9.17) is 0 Å². The SMILES string of the molecule is CC(C)N1CCCN(CC(F)F)C1=O. The first kappa shape index (κ1) is 11.2. The fourth-order valence-electron chi connectivity index (χ4n) is 1.62. The summed E-state index contributed by atoms with van der Waals surface area (Å²) in [6, 6.07) is -0.172. The number of alkyl halides is 2. The van der Waals surface area contributed by atoms with Crippen molar-refractivity contribution in [3.8, 4) is 0 Å². The lowest BCUT2D eigenvalue weighted by Crippen LogP contribution is -2.52. The second-order valence-electron chi connectivity index (χ2n) is 3.76. The zero-order chi connectivity index (χ0) is 10.7. The highest BCUT2D eigenvalue weighted by Gasteiger charge is 2.28. The zero-order valence-corrected chi connectivity index (χ0v) is 8.54. The average Bonchev–Trinajstić information content (AvgIpc) is 2.07. The summed E-state index contributed by atoms with van der Waals surface area (Å²) in [5, 5.41) is 0. The number of rotatable bonds is 3. The molecule has 1 fully saturated rings. The number of halogens is 2. The smallest absolute Gasteiger partial charge is 0.320 e. The van der Waals surface area contributed by atoms with Crippen LogP contribution in [0.1, 0.15) is 20.3 Å². The summed E-state index contributed by atoms with van der Waals surface area (Å²) in [6.45, 7) is 4.47. The van der Waals surface area contributed by atoms with E-state index in [1.807, 2.05) is 13.8 Å². The molecule has 0 aliphatic carbocycles. The van der Waals surface area contributed by atoms with E-state index in [9.17, 15) is 13.6 Å². The van der Waals surface area contributed by atoms with E-state index in [1.165, 1.54) is 4.90 Å². The molecular formula is C9H16F2N2O. The van der Waals surface area contributed by atoms with Crippen molar-refractivity contribution in [2.24, 2.45) is 0 Å². The predicted molar refractivity (Wildman–Crippen MR) is 49.4 cm³/mol. The molecule has 5 heteroatoms. The molecule has 0 bridgehead atoms. The third kappa shape index (κ3) is 2.56. The van der Waals surface area contributed by atoms with Crippen LogP contribution in [0.15, 0.2) is 0 Å². The molecule has 14 heavy (non-hydrogen) atoms. The van der Waals surface area contributed by atoms with Gasteiger partial charge in [-0.05, 0) is 20.3 Å². The monoisotopic (exact) mass is 206 g/mol. The lowest BCUT2D eigenvalue weighted by Gasteiger charge is -2.37. The van der Waals surface area contributed by atoms with Gasteiger partial charge in [0.1, 0.15) is 0 Å². The second kappa shape index (κ2) is 4.57. The Morgan fingerprint density at radius 2 is 2.00 bits per heavy atom. The highest BCUT2D eigenvalue weighted by Crippen LogP contribution is 2.13. The van der Waals surface area contributed by atoms with Crippen molar-refractivity contribution in [1.82, 2.24) is 9.80 Å². The Balaban J connectivity index is 2.57. The molecule has 1 aliphatic heterocycles. The van der Waals surface area contributed by atoms with Crippen LogP contribution in [0.5, 0.6) is 0 Å². The van der Waals surface area contributed by atoms with E-state index >= 15 is 0 Å². The van der Waals surface area contributed by atoms with Crippen molar-refractivity contribution in [3.63, 3.8) is 0 Å². The van der Waals surface area contributed by atoms with Crippen molar-refractivity contribution >= 4 is 6.03 Å². The van der Waals surface area contributed by atoms with E-state index in [0.29, 0.717) is 13.1 Å². The van der Waals surface area contributed by atoms with Gasteiger partial charge in [-0.3, -0.25) is 0 Å². The van der Waals surface area contributed by atoms with Crippen molar-refractivity contribution in [2.75, 3.05) is 19.6 Å². The first-order valence-electron chi connectivity index (χ1n) is 4.86. The van der Waals surface area contributed by atoms with E-state index in [-0.39, 0.29) is 12.1 Å². The summed E-state index contributed by atoms with van der Waals surface area (Å²) in [4.78, 5) is 14.5. The highest BCUT2D eigenvalue weighted by molar-refractivity contribution is 5.75. The number of carbonyl (C=O) groups is 1. The summed E-state index contributed by atoms with van der Waals surface area (Å²) in [6.07, 6.45) is -1.66. The fourth-order valence-corrected chi connectivity index (χ4v) is 1.62. The van der Waals surface area contributed by atoms with E-state index < -0.39 is 13.0 Å². The molecule has 0 aromatic heterocycles. The third-order valence-electron chi connectivity index (χ3n) is 2.33. The Labute approximate surface area is 82.7 Å². The number of hydrogen-bond acceptors (Lipinski definition) is 1. The normalized spacial score (nSPS) is 18.6. The van der Waals surface area contributed by atoms with Gasteiger partial charge in [-0.2, -0.15) is 0 Å². The average molecular weight is 206 g/mol. The molecule has 0 spiro atoms. The maximum absolute atomic E-state index is 12.1. The summed E-state index contributed by atoms with van der Waals surface area (Å²) < 4.78 is 24.2. The van der Waals surface area contributed by atoms with Gasteiger partial charge in [0.2, 0.25) is 0 Å². The van der Waals surface area contributed by atoms with Crippen LogP contribution >= 0.6 is 0 Å². The Morgan fingerprint density at radius 3 is 2.50 bits per heavy atom. The quantitative estimate of drug-likeness (QED) is 0.690. The number of urea groups is 1. The van der Waals surface area contributed by atoms with Crippen LogP contribution in [0.3, 0.4) is 0 Å². The molecule has 3 nitrogen and oxygen atoms in total. The standard InChI is InChI=1S/C9H16F2N2O/c1-7(2)13-5-3-4-12(9(13)14)6-8(10)11/h7-8H,3-6H2,1-2H3. The molecule has 82 valence electrons. The van der Waals surface area contributed by atoms with Crippen LogP contribution in [0.2, 0.25) is 0 Å². The molecule has 0 radical (unpaired) electrons. The van der Waals surface area contributed by atoms with Crippen LogP contribution in [0.4, 0.5) is 13.6 Å². The van der Waals surface area contributed by atoms with Crippen LogP contribution in [-0.4, -0.2) is 47.9 Å². The number of carbonyl (C=O) groups excluding carboxylic acids is 1. The lowest BCUT2D eigenvalue weighted by atomic mass is 10.2. The minimum Gasteiger partial charge on any atom is -0.322 e. The minimum atomic E-state index is -2.44. The summed E-state index contributed by atoms with van der Waals surface area (Å²) >= 11 is 0. The Morgan fingerprint density at radius 1 is 1.36 bits per heavy atom. The Hall–Kier alpha value is -0.870. The minimum absolute atomic E-state index is 0.0861. The maximum atomic E-state index is 12.1. The molecule has 0 N–H and O–H groups in total. The second-order valence-corrected chi connectivity index (χ2v) is 3.76. The summed E-state index contributed by atoms with van der Waals surface area (Å²) in [5.41, 5.74) is 0. The van der Waals surface area contributed by atoms with Crippen LogP contribution in [0, 0.1) is 0 Å². The zero-order valence-electron chi connectivity index (χ0n) is 8.54. The van der Waals surface area contributed by atoms with E-state index in [1.54, 1.807) is 4.90 Å². The van der Waals surface area contributed by atoms with Gasteiger partial charge < -0.3 is 9.80 Å². The summed E-state index contributed by atoms with van der Waals surface area (Å²) in [5.74, 6) is 0. The molecule has 0 saturated carbocycles. The topological polar surface area (TPSA) is 23.6 Å².